The Bertz CT molecular complexity index is 1200. The zero-order valence-corrected chi connectivity index (χ0v) is 17.4. The Kier molecular flexibility index (Phi) is 5.63. The van der Waals surface area contributed by atoms with Crippen LogP contribution in [0.4, 0.5) is 11.4 Å². The highest BCUT2D eigenvalue weighted by Gasteiger charge is 2.35. The van der Waals surface area contributed by atoms with Gasteiger partial charge in [-0.15, -0.1) is 0 Å². The van der Waals surface area contributed by atoms with Crippen LogP contribution in [0.1, 0.15) is 27.5 Å². The Balaban J connectivity index is 1.90. The highest BCUT2D eigenvalue weighted by atomic mass is 35.5. The van der Waals surface area contributed by atoms with Crippen molar-refractivity contribution in [1.82, 2.24) is 4.90 Å². The molecule has 0 bridgehead atoms. The summed E-state index contributed by atoms with van der Waals surface area (Å²) in [6.07, 6.45) is 0. The van der Waals surface area contributed by atoms with E-state index >= 15 is 0 Å². The van der Waals surface area contributed by atoms with Crippen LogP contribution in [0, 0.1) is 10.1 Å². The number of amides is 2. The van der Waals surface area contributed by atoms with E-state index in [-0.39, 0.29) is 22.8 Å². The molecule has 3 aromatic carbocycles. The Labute approximate surface area is 187 Å². The number of carbonyl (C=O) groups excluding carboxylic acids is 2. The van der Waals surface area contributed by atoms with Crippen molar-refractivity contribution in [3.05, 3.63) is 104 Å². The molecule has 0 spiro atoms. The molecule has 0 radical (unpaired) electrons. The van der Waals surface area contributed by atoms with Crippen LogP contribution in [0.2, 0.25) is 10.0 Å². The molecular formula is C22H15Cl2N3O4. The quantitative estimate of drug-likeness (QED) is 0.439. The number of hydrogen-bond acceptors (Lipinski definition) is 4. The smallest absolute Gasteiger partial charge is 0.270 e. The van der Waals surface area contributed by atoms with E-state index < -0.39 is 22.8 Å². The molecule has 9 heteroatoms. The van der Waals surface area contributed by atoms with E-state index in [0.717, 1.165) is 11.6 Å². The molecule has 0 saturated carbocycles. The fraction of sp³-hybridized carbons (Fsp3) is 0.0909. The van der Waals surface area contributed by atoms with Crippen LogP contribution in [0.25, 0.3) is 0 Å². The first kappa shape index (κ1) is 20.8. The van der Waals surface area contributed by atoms with E-state index in [1.807, 2.05) is 30.3 Å². The lowest BCUT2D eigenvalue weighted by Gasteiger charge is -2.31. The van der Waals surface area contributed by atoms with Crippen LogP contribution >= 0.6 is 23.2 Å². The first-order chi connectivity index (χ1) is 14.8. The normalized spacial score (nSPS) is 15.6. The van der Waals surface area contributed by atoms with Gasteiger partial charge in [-0.25, -0.2) is 0 Å². The fourth-order valence-corrected chi connectivity index (χ4v) is 3.99. The van der Waals surface area contributed by atoms with Crippen molar-refractivity contribution in [2.75, 3.05) is 11.9 Å². The van der Waals surface area contributed by atoms with Gasteiger partial charge in [-0.2, -0.15) is 0 Å². The van der Waals surface area contributed by atoms with Crippen LogP contribution < -0.4 is 5.32 Å². The van der Waals surface area contributed by atoms with Crippen molar-refractivity contribution in [3.8, 4) is 0 Å². The molecular weight excluding hydrogens is 441 g/mol. The Hall–Kier alpha value is -3.42. The zero-order chi connectivity index (χ0) is 22.1. The minimum atomic E-state index is -0.670. The maximum absolute atomic E-state index is 13.6. The number of benzene rings is 3. The molecule has 0 unspecified atom stereocenters. The number of nitro benzene ring substituents is 1. The van der Waals surface area contributed by atoms with E-state index in [0.29, 0.717) is 16.3 Å². The summed E-state index contributed by atoms with van der Waals surface area (Å²) in [5, 5.41) is 14.5. The largest absolute Gasteiger partial charge is 0.324 e. The third-order valence-electron chi connectivity index (χ3n) is 4.98. The molecule has 1 N–H and O–H groups in total. The van der Waals surface area contributed by atoms with Crippen molar-refractivity contribution in [2.24, 2.45) is 0 Å². The number of anilines is 1. The van der Waals surface area contributed by atoms with E-state index in [1.165, 1.54) is 17.0 Å². The monoisotopic (exact) mass is 455 g/mol. The zero-order valence-electron chi connectivity index (χ0n) is 15.9. The van der Waals surface area contributed by atoms with Gasteiger partial charge in [-0.05, 0) is 29.8 Å². The molecule has 0 saturated heterocycles. The minimum Gasteiger partial charge on any atom is -0.324 e. The maximum atomic E-state index is 13.6. The van der Waals surface area contributed by atoms with E-state index in [1.54, 1.807) is 18.2 Å². The van der Waals surface area contributed by atoms with Gasteiger partial charge in [0.2, 0.25) is 5.91 Å². The van der Waals surface area contributed by atoms with Gasteiger partial charge in [0.15, 0.2) is 0 Å². The molecule has 2 amide bonds. The first-order valence-corrected chi connectivity index (χ1v) is 10.00. The van der Waals surface area contributed by atoms with Crippen LogP contribution in [-0.2, 0) is 4.79 Å². The average Bonchev–Trinajstić information content (AvgIpc) is 2.89. The number of nitrogens with one attached hydrogen (secondary N) is 1. The second-order valence-electron chi connectivity index (χ2n) is 6.95. The lowest BCUT2D eigenvalue weighted by atomic mass is 9.95. The molecule has 156 valence electrons. The molecule has 31 heavy (non-hydrogen) atoms. The number of carbonyl (C=O) groups is 2. The van der Waals surface area contributed by atoms with Crippen molar-refractivity contribution in [2.45, 2.75) is 6.04 Å². The molecule has 3 aromatic rings. The van der Waals surface area contributed by atoms with Gasteiger partial charge in [0.1, 0.15) is 6.54 Å². The molecule has 0 aromatic heterocycles. The lowest BCUT2D eigenvalue weighted by Crippen LogP contribution is -2.39. The maximum Gasteiger partial charge on any atom is 0.270 e. The predicted octanol–water partition coefficient (Wildman–Crippen LogP) is 5.09. The SMILES string of the molecule is O=C1CN(C(=O)c2cc([N+](=O)[O-])ccc2Cl)[C@H](c2ccccc2)c2cc(Cl)ccc2N1. The summed E-state index contributed by atoms with van der Waals surface area (Å²) in [5.74, 6) is -1.01. The summed E-state index contributed by atoms with van der Waals surface area (Å²) < 4.78 is 0. The van der Waals surface area contributed by atoms with E-state index in [4.69, 9.17) is 23.2 Å². The van der Waals surface area contributed by atoms with E-state index in [2.05, 4.69) is 5.32 Å². The van der Waals surface area contributed by atoms with Gasteiger partial charge in [0.05, 0.1) is 21.6 Å². The molecule has 1 heterocycles. The molecule has 1 atom stereocenters. The number of hydrogen-bond donors (Lipinski definition) is 1. The van der Waals surface area contributed by atoms with Crippen molar-refractivity contribution < 1.29 is 14.5 Å². The number of nitro groups is 1. The predicted molar refractivity (Wildman–Crippen MR) is 118 cm³/mol. The van der Waals surface area contributed by atoms with Gasteiger partial charge >= 0.3 is 0 Å². The molecule has 1 aliphatic heterocycles. The molecule has 0 aliphatic carbocycles. The molecule has 1 aliphatic rings. The number of non-ortho nitro benzene ring substituents is 1. The Morgan fingerprint density at radius 3 is 2.52 bits per heavy atom. The lowest BCUT2D eigenvalue weighted by molar-refractivity contribution is -0.384. The van der Waals surface area contributed by atoms with Gasteiger partial charge < -0.3 is 10.2 Å². The minimum absolute atomic E-state index is 0.0541. The first-order valence-electron chi connectivity index (χ1n) is 9.24. The summed E-state index contributed by atoms with van der Waals surface area (Å²) in [7, 11) is 0. The summed E-state index contributed by atoms with van der Waals surface area (Å²) in [4.78, 5) is 38.2. The number of halogens is 2. The van der Waals surface area contributed by atoms with Crippen LogP contribution in [0.15, 0.2) is 66.7 Å². The summed E-state index contributed by atoms with van der Waals surface area (Å²) in [5.41, 5.74) is 1.57. The highest BCUT2D eigenvalue weighted by molar-refractivity contribution is 6.34. The second kappa shape index (κ2) is 8.37. The van der Waals surface area contributed by atoms with E-state index in [9.17, 15) is 19.7 Å². The number of nitrogens with zero attached hydrogens (tertiary/aromatic N) is 2. The van der Waals surface area contributed by atoms with Gasteiger partial charge in [0.25, 0.3) is 11.6 Å². The number of fused-ring (bicyclic) bond motifs is 1. The fourth-order valence-electron chi connectivity index (χ4n) is 3.61. The van der Waals surface area contributed by atoms with Crippen molar-refractivity contribution in [3.63, 3.8) is 0 Å². The Morgan fingerprint density at radius 1 is 1.06 bits per heavy atom. The summed E-state index contributed by atoms with van der Waals surface area (Å²) in [6.45, 7) is -0.274. The highest BCUT2D eigenvalue weighted by Crippen LogP contribution is 2.38. The van der Waals surface area contributed by atoms with Crippen molar-refractivity contribution >= 4 is 46.4 Å². The summed E-state index contributed by atoms with van der Waals surface area (Å²) >= 11 is 12.5. The third-order valence-corrected chi connectivity index (χ3v) is 5.54. The molecule has 0 fully saturated rings. The summed E-state index contributed by atoms with van der Waals surface area (Å²) in [6, 6.07) is 17.1. The molecule has 7 nitrogen and oxygen atoms in total. The number of rotatable bonds is 3. The van der Waals surface area contributed by atoms with Crippen LogP contribution in [-0.4, -0.2) is 28.2 Å². The van der Waals surface area contributed by atoms with Crippen LogP contribution in [0.3, 0.4) is 0 Å². The van der Waals surface area contributed by atoms with Gasteiger partial charge in [0, 0.05) is 28.4 Å². The Morgan fingerprint density at radius 2 is 1.81 bits per heavy atom. The molecule has 4 rings (SSSR count). The van der Waals surface area contributed by atoms with Crippen LogP contribution in [0.5, 0.6) is 0 Å². The van der Waals surface area contributed by atoms with Gasteiger partial charge in [-0.1, -0.05) is 53.5 Å². The van der Waals surface area contributed by atoms with Gasteiger partial charge in [-0.3, -0.25) is 19.7 Å². The second-order valence-corrected chi connectivity index (χ2v) is 7.79. The third kappa shape index (κ3) is 4.10. The topological polar surface area (TPSA) is 92.5 Å². The van der Waals surface area contributed by atoms with Crippen molar-refractivity contribution in [1.29, 1.82) is 0 Å². The standard InChI is InChI=1S/C22H15Cl2N3O4/c23-14-6-9-19-17(10-14)21(13-4-2-1-3-5-13)26(12-20(28)25-19)22(29)16-11-15(27(30)31)7-8-18(16)24/h1-11,21H,12H2,(H,25,28)/t21-/m1/s1. The average molecular weight is 456 g/mol.